The van der Waals surface area contributed by atoms with Crippen LogP contribution in [0.1, 0.15) is 31.9 Å². The number of hydrogen-bond acceptors (Lipinski definition) is 5. The van der Waals surface area contributed by atoms with Crippen LogP contribution in [0.25, 0.3) is 0 Å². The van der Waals surface area contributed by atoms with Crippen LogP contribution in [0.4, 0.5) is 0 Å². The van der Waals surface area contributed by atoms with Crippen LogP contribution in [0.2, 0.25) is 5.15 Å². The van der Waals surface area contributed by atoms with Crippen LogP contribution in [0.15, 0.2) is 12.3 Å². The Kier molecular flexibility index (Phi) is 5.46. The first-order valence-corrected chi connectivity index (χ1v) is 7.20. The molecule has 0 amide bonds. The van der Waals surface area contributed by atoms with Crippen molar-refractivity contribution in [2.75, 3.05) is 0 Å². The van der Waals surface area contributed by atoms with Gasteiger partial charge in [0.2, 0.25) is 0 Å². The molecule has 0 aliphatic rings. The van der Waals surface area contributed by atoms with Gasteiger partial charge in [0.1, 0.15) is 10.8 Å². The fraction of sp³-hybridized carbons (Fsp3) is 0.500. The van der Waals surface area contributed by atoms with Crippen molar-refractivity contribution in [3.05, 3.63) is 28.5 Å². The van der Waals surface area contributed by atoms with E-state index < -0.39 is 22.7 Å². The van der Waals surface area contributed by atoms with Gasteiger partial charge in [-0.15, -0.1) is 0 Å². The molecule has 0 aromatic carbocycles. The van der Waals surface area contributed by atoms with E-state index in [0.717, 1.165) is 0 Å². The maximum atomic E-state index is 11.6. The number of halogens is 1. The summed E-state index contributed by atoms with van der Waals surface area (Å²) in [6.07, 6.45) is 1.46. The molecule has 1 aromatic heterocycles. The lowest BCUT2D eigenvalue weighted by molar-refractivity contribution is -0.153. The Labute approximate surface area is 119 Å². The third-order valence-electron chi connectivity index (χ3n) is 2.01. The van der Waals surface area contributed by atoms with Crippen molar-refractivity contribution in [3.8, 4) is 0 Å². The van der Waals surface area contributed by atoms with Gasteiger partial charge in [0.05, 0.1) is 6.42 Å². The van der Waals surface area contributed by atoms with Crippen molar-refractivity contribution in [3.63, 3.8) is 0 Å². The predicted octanol–water partition coefficient (Wildman–Crippen LogP) is 2.00. The fourth-order valence-electron chi connectivity index (χ4n) is 1.41. The van der Waals surface area contributed by atoms with Crippen molar-refractivity contribution in [1.82, 2.24) is 4.98 Å². The first-order valence-electron chi connectivity index (χ1n) is 5.58. The monoisotopic (exact) mass is 304 g/mol. The van der Waals surface area contributed by atoms with Crippen LogP contribution >= 0.6 is 11.6 Å². The highest BCUT2D eigenvalue weighted by atomic mass is 35.5. The lowest BCUT2D eigenvalue weighted by Gasteiger charge is -2.19. The van der Waals surface area contributed by atoms with Gasteiger partial charge < -0.3 is 9.29 Å². The molecule has 0 saturated carbocycles. The second-order valence-corrected chi connectivity index (χ2v) is 6.26. The van der Waals surface area contributed by atoms with Crippen molar-refractivity contribution >= 4 is 28.7 Å². The first-order chi connectivity index (χ1) is 8.67. The van der Waals surface area contributed by atoms with Gasteiger partial charge in [-0.2, -0.15) is 0 Å². The Balaban J connectivity index is 2.79. The zero-order valence-electron chi connectivity index (χ0n) is 10.9. The summed E-state index contributed by atoms with van der Waals surface area (Å²) in [6.45, 7) is 5.32. The van der Waals surface area contributed by atoms with Crippen LogP contribution in [-0.4, -0.2) is 25.3 Å². The van der Waals surface area contributed by atoms with Crippen molar-refractivity contribution < 1.29 is 18.3 Å². The van der Waals surface area contributed by atoms with E-state index in [1.54, 1.807) is 26.8 Å². The summed E-state index contributed by atoms with van der Waals surface area (Å²) < 4.78 is 26.5. The summed E-state index contributed by atoms with van der Waals surface area (Å²) in [5, 5.41) is 0.122. The van der Waals surface area contributed by atoms with Gasteiger partial charge in [-0.05, 0) is 32.4 Å². The molecule has 1 atom stereocenters. The van der Waals surface area contributed by atoms with E-state index in [9.17, 15) is 13.6 Å². The van der Waals surface area contributed by atoms with Crippen LogP contribution in [0, 0.1) is 0 Å². The number of ether oxygens (including phenoxy) is 1. The number of carbonyl (C=O) groups excluding carboxylic acids is 1. The maximum Gasteiger partial charge on any atom is 0.310 e. The molecule has 1 aromatic rings. The SMILES string of the molecule is CC(C)(C)OC(=O)Cc1cnc(Cl)c(CS(=O)[O-])c1. The number of rotatable bonds is 4. The van der Waals surface area contributed by atoms with Crippen molar-refractivity contribution in [1.29, 1.82) is 0 Å². The average Bonchev–Trinajstić information content (AvgIpc) is 2.19. The topological polar surface area (TPSA) is 79.3 Å². The largest absolute Gasteiger partial charge is 0.772 e. The normalized spacial score (nSPS) is 13.1. The third kappa shape index (κ3) is 6.13. The Morgan fingerprint density at radius 1 is 1.53 bits per heavy atom. The molecule has 0 spiro atoms. The first kappa shape index (κ1) is 16.1. The van der Waals surface area contributed by atoms with Gasteiger partial charge in [0, 0.05) is 17.5 Å². The molecule has 0 fully saturated rings. The minimum Gasteiger partial charge on any atom is -0.772 e. The van der Waals surface area contributed by atoms with E-state index in [1.165, 1.54) is 6.20 Å². The molecule has 0 radical (unpaired) electrons. The number of nitrogens with zero attached hydrogens (tertiary/aromatic N) is 1. The molecule has 1 heterocycles. The van der Waals surface area contributed by atoms with Crippen molar-refractivity contribution in [2.24, 2.45) is 0 Å². The summed E-state index contributed by atoms with van der Waals surface area (Å²) in [4.78, 5) is 15.5. The highest BCUT2D eigenvalue weighted by Crippen LogP contribution is 2.17. The molecule has 0 N–H and O–H groups in total. The second kappa shape index (κ2) is 6.45. The van der Waals surface area contributed by atoms with Crippen LogP contribution < -0.4 is 0 Å². The van der Waals surface area contributed by atoms with E-state index in [0.29, 0.717) is 11.1 Å². The van der Waals surface area contributed by atoms with Gasteiger partial charge in [-0.1, -0.05) is 22.7 Å². The minimum absolute atomic E-state index is 0.0277. The number of esters is 1. The van der Waals surface area contributed by atoms with Gasteiger partial charge >= 0.3 is 5.97 Å². The zero-order valence-corrected chi connectivity index (χ0v) is 12.5. The molecular formula is C12H15ClNO4S-. The molecule has 5 nitrogen and oxygen atoms in total. The number of hydrogen-bond donors (Lipinski definition) is 0. The quantitative estimate of drug-likeness (QED) is 0.483. The van der Waals surface area contributed by atoms with E-state index in [2.05, 4.69) is 4.98 Å². The summed E-state index contributed by atoms with van der Waals surface area (Å²) in [7, 11) is 0. The predicted molar refractivity (Wildman–Crippen MR) is 71.4 cm³/mol. The standard InChI is InChI=1S/C12H16ClNO4S/c1-12(2,3)18-10(15)5-8-4-9(7-19(16)17)11(13)14-6-8/h4,6H,5,7H2,1-3H3,(H,16,17)/p-1. The third-order valence-corrected chi connectivity index (χ3v) is 2.90. The molecule has 1 unspecified atom stereocenters. The molecule has 106 valence electrons. The molecule has 0 saturated heterocycles. The Hall–Kier alpha value is -0.980. The smallest absolute Gasteiger partial charge is 0.310 e. The molecule has 0 aliphatic carbocycles. The number of aromatic nitrogens is 1. The number of pyridine rings is 1. The van der Waals surface area contributed by atoms with Crippen molar-refractivity contribution in [2.45, 2.75) is 38.5 Å². The summed E-state index contributed by atoms with van der Waals surface area (Å²) in [5.41, 5.74) is 0.381. The number of carbonyl (C=O) groups is 1. The highest BCUT2D eigenvalue weighted by Gasteiger charge is 2.17. The average molecular weight is 305 g/mol. The summed E-state index contributed by atoms with van der Waals surface area (Å²) >= 11 is 3.53. The van der Waals surface area contributed by atoms with Crippen LogP contribution in [-0.2, 0) is 32.8 Å². The molecular weight excluding hydrogens is 290 g/mol. The van der Waals surface area contributed by atoms with Gasteiger partial charge in [-0.3, -0.25) is 9.00 Å². The molecule has 0 bridgehead atoms. The summed E-state index contributed by atoms with van der Waals surface area (Å²) in [5.74, 6) is -0.626. The Bertz CT molecular complexity index is 499. The van der Waals surface area contributed by atoms with Gasteiger partial charge in [-0.25, -0.2) is 4.98 Å². The Morgan fingerprint density at radius 2 is 2.16 bits per heavy atom. The van der Waals surface area contributed by atoms with E-state index >= 15 is 0 Å². The molecule has 1 rings (SSSR count). The zero-order chi connectivity index (χ0) is 14.6. The fourth-order valence-corrected chi connectivity index (χ4v) is 2.14. The lowest BCUT2D eigenvalue weighted by atomic mass is 10.1. The van der Waals surface area contributed by atoms with Crippen LogP contribution in [0.3, 0.4) is 0 Å². The van der Waals surface area contributed by atoms with Crippen LogP contribution in [0.5, 0.6) is 0 Å². The maximum absolute atomic E-state index is 11.6. The van der Waals surface area contributed by atoms with E-state index in [1.807, 2.05) is 0 Å². The minimum atomic E-state index is -2.25. The molecule has 19 heavy (non-hydrogen) atoms. The second-order valence-electron chi connectivity index (χ2n) is 5.00. The summed E-state index contributed by atoms with van der Waals surface area (Å²) in [6, 6.07) is 1.55. The van der Waals surface area contributed by atoms with Gasteiger partial charge in [0.15, 0.2) is 0 Å². The molecule has 7 heteroatoms. The lowest BCUT2D eigenvalue weighted by Crippen LogP contribution is -2.25. The van der Waals surface area contributed by atoms with Gasteiger partial charge in [0.25, 0.3) is 0 Å². The Morgan fingerprint density at radius 3 is 2.68 bits per heavy atom. The van der Waals surface area contributed by atoms with E-state index in [4.69, 9.17) is 16.3 Å². The van der Waals surface area contributed by atoms with E-state index in [-0.39, 0.29) is 17.3 Å². The highest BCUT2D eigenvalue weighted by molar-refractivity contribution is 7.78. The molecule has 0 aliphatic heterocycles.